The van der Waals surface area contributed by atoms with Gasteiger partial charge in [0.15, 0.2) is 24.7 Å². The molecular formula is C13H15N2O+. The van der Waals surface area contributed by atoms with Crippen LogP contribution in [0.3, 0.4) is 0 Å². The number of nitrogens with zero attached hydrogens (tertiary/aromatic N) is 2. The number of aromatic nitrogens is 2. The third kappa shape index (κ3) is 1.98. The molecule has 0 radical (unpaired) electrons. The number of hydrogen-bond donors (Lipinski definition) is 0. The largest absolute Gasteiger partial charge is 0.356 e. The van der Waals surface area contributed by atoms with E-state index in [1.807, 2.05) is 13.0 Å². The molecule has 0 atom stereocenters. The van der Waals surface area contributed by atoms with Crippen LogP contribution in [0, 0.1) is 12.8 Å². The molecule has 16 heavy (non-hydrogen) atoms. The molecule has 0 bridgehead atoms. The molecule has 0 amide bonds. The predicted octanol–water partition coefficient (Wildman–Crippen LogP) is 2.35. The van der Waals surface area contributed by atoms with E-state index in [-0.39, 0.29) is 0 Å². The second-order valence-electron chi connectivity index (χ2n) is 4.56. The molecular weight excluding hydrogens is 200 g/mol. The first kappa shape index (κ1) is 9.58. The summed E-state index contributed by atoms with van der Waals surface area (Å²) in [5, 5.41) is 3.89. The number of pyridine rings is 1. The Labute approximate surface area is 94.7 Å². The summed E-state index contributed by atoms with van der Waals surface area (Å²) in [7, 11) is 0. The first-order chi connectivity index (χ1) is 7.81. The highest BCUT2D eigenvalue weighted by atomic mass is 16.5. The van der Waals surface area contributed by atoms with Crippen molar-refractivity contribution in [2.24, 2.45) is 5.92 Å². The van der Waals surface area contributed by atoms with Crippen LogP contribution < -0.4 is 4.57 Å². The van der Waals surface area contributed by atoms with Crippen molar-refractivity contribution in [1.29, 1.82) is 0 Å². The zero-order chi connectivity index (χ0) is 11.0. The lowest BCUT2D eigenvalue weighted by atomic mass is 10.2. The van der Waals surface area contributed by atoms with Crippen LogP contribution in [0.5, 0.6) is 0 Å². The van der Waals surface area contributed by atoms with Crippen molar-refractivity contribution in [3.05, 3.63) is 36.3 Å². The van der Waals surface area contributed by atoms with Crippen molar-refractivity contribution in [2.45, 2.75) is 26.3 Å². The molecule has 1 aliphatic rings. The Morgan fingerprint density at radius 3 is 2.69 bits per heavy atom. The molecule has 2 aromatic rings. The summed E-state index contributed by atoms with van der Waals surface area (Å²) in [5.41, 5.74) is 2.01. The Bertz CT molecular complexity index is 483. The van der Waals surface area contributed by atoms with Crippen molar-refractivity contribution in [3.63, 3.8) is 0 Å². The maximum absolute atomic E-state index is 5.22. The first-order valence-electron chi connectivity index (χ1n) is 5.74. The van der Waals surface area contributed by atoms with E-state index in [2.05, 4.69) is 34.3 Å². The Balaban J connectivity index is 1.80. The molecule has 3 nitrogen and oxygen atoms in total. The quantitative estimate of drug-likeness (QED) is 0.736. The van der Waals surface area contributed by atoms with Crippen molar-refractivity contribution in [3.8, 4) is 11.3 Å². The van der Waals surface area contributed by atoms with E-state index in [0.717, 1.165) is 29.5 Å². The van der Waals surface area contributed by atoms with Crippen LogP contribution in [0.25, 0.3) is 11.3 Å². The highest BCUT2D eigenvalue weighted by molar-refractivity contribution is 5.55. The fourth-order valence-corrected chi connectivity index (χ4v) is 1.84. The van der Waals surface area contributed by atoms with E-state index in [0.29, 0.717) is 0 Å². The first-order valence-corrected chi connectivity index (χ1v) is 5.74. The average Bonchev–Trinajstić information content (AvgIpc) is 3.00. The van der Waals surface area contributed by atoms with E-state index in [1.165, 1.54) is 12.8 Å². The van der Waals surface area contributed by atoms with Crippen LogP contribution in [0.2, 0.25) is 0 Å². The van der Waals surface area contributed by atoms with Gasteiger partial charge in [0.2, 0.25) is 0 Å². The predicted molar refractivity (Wildman–Crippen MR) is 59.6 cm³/mol. The monoisotopic (exact) mass is 215 g/mol. The standard InChI is InChI=1S/C13H15N2O/c1-10-8-13(16-14-10)12-4-6-15(7-5-12)9-11-2-3-11/h4-8,11H,2-3,9H2,1H3/q+1. The van der Waals surface area contributed by atoms with Gasteiger partial charge in [0.1, 0.15) is 0 Å². The number of rotatable bonds is 3. The minimum absolute atomic E-state index is 0.844. The van der Waals surface area contributed by atoms with Gasteiger partial charge in [0, 0.05) is 29.7 Å². The fourth-order valence-electron chi connectivity index (χ4n) is 1.84. The molecule has 82 valence electrons. The zero-order valence-electron chi connectivity index (χ0n) is 9.39. The molecule has 0 aromatic carbocycles. The highest BCUT2D eigenvalue weighted by Gasteiger charge is 2.25. The molecule has 0 spiro atoms. The maximum Gasteiger partial charge on any atom is 0.169 e. The van der Waals surface area contributed by atoms with Crippen LogP contribution >= 0.6 is 0 Å². The molecule has 1 fully saturated rings. The lowest BCUT2D eigenvalue weighted by Gasteiger charge is -1.96. The maximum atomic E-state index is 5.22. The topological polar surface area (TPSA) is 29.9 Å². The average molecular weight is 215 g/mol. The van der Waals surface area contributed by atoms with E-state index < -0.39 is 0 Å². The van der Waals surface area contributed by atoms with Gasteiger partial charge in [-0.25, -0.2) is 4.57 Å². The number of aryl methyl sites for hydroxylation is 1. The number of hydrogen-bond acceptors (Lipinski definition) is 2. The molecule has 0 aliphatic heterocycles. The van der Waals surface area contributed by atoms with Crippen LogP contribution in [-0.4, -0.2) is 5.16 Å². The van der Waals surface area contributed by atoms with E-state index in [4.69, 9.17) is 4.52 Å². The second kappa shape index (κ2) is 3.74. The lowest BCUT2D eigenvalue weighted by Crippen LogP contribution is -2.33. The van der Waals surface area contributed by atoms with Crippen molar-refractivity contribution < 1.29 is 9.09 Å². The van der Waals surface area contributed by atoms with Gasteiger partial charge in [-0.2, -0.15) is 0 Å². The molecule has 1 aliphatic carbocycles. The van der Waals surface area contributed by atoms with Gasteiger partial charge in [0.25, 0.3) is 0 Å². The van der Waals surface area contributed by atoms with Crippen LogP contribution in [0.15, 0.2) is 35.1 Å². The molecule has 3 heteroatoms. The van der Waals surface area contributed by atoms with E-state index in [1.54, 1.807) is 0 Å². The minimum Gasteiger partial charge on any atom is -0.356 e. The Hall–Kier alpha value is -1.64. The summed E-state index contributed by atoms with van der Waals surface area (Å²) < 4.78 is 7.46. The Morgan fingerprint density at radius 2 is 2.12 bits per heavy atom. The van der Waals surface area contributed by atoms with Crippen LogP contribution in [-0.2, 0) is 6.54 Å². The third-order valence-corrected chi connectivity index (χ3v) is 2.97. The van der Waals surface area contributed by atoms with Gasteiger partial charge in [-0.15, -0.1) is 0 Å². The van der Waals surface area contributed by atoms with E-state index >= 15 is 0 Å². The van der Waals surface area contributed by atoms with Crippen molar-refractivity contribution >= 4 is 0 Å². The molecule has 0 saturated heterocycles. The van der Waals surface area contributed by atoms with Gasteiger partial charge in [-0.05, 0) is 19.8 Å². The van der Waals surface area contributed by atoms with Crippen LogP contribution in [0.4, 0.5) is 0 Å². The van der Waals surface area contributed by atoms with Gasteiger partial charge < -0.3 is 4.52 Å². The molecule has 1 saturated carbocycles. The van der Waals surface area contributed by atoms with Gasteiger partial charge in [-0.3, -0.25) is 0 Å². The summed E-state index contributed by atoms with van der Waals surface area (Å²) in [6.07, 6.45) is 7.00. The van der Waals surface area contributed by atoms with E-state index in [9.17, 15) is 0 Å². The Morgan fingerprint density at radius 1 is 1.38 bits per heavy atom. The Kier molecular flexibility index (Phi) is 2.24. The van der Waals surface area contributed by atoms with Crippen molar-refractivity contribution in [1.82, 2.24) is 5.16 Å². The van der Waals surface area contributed by atoms with Gasteiger partial charge in [-0.1, -0.05) is 5.16 Å². The molecule has 0 N–H and O–H groups in total. The lowest BCUT2D eigenvalue weighted by molar-refractivity contribution is -0.700. The minimum atomic E-state index is 0.844. The van der Waals surface area contributed by atoms with Crippen LogP contribution in [0.1, 0.15) is 18.5 Å². The second-order valence-corrected chi connectivity index (χ2v) is 4.56. The smallest absolute Gasteiger partial charge is 0.169 e. The summed E-state index contributed by atoms with van der Waals surface area (Å²) >= 11 is 0. The van der Waals surface area contributed by atoms with Gasteiger partial charge in [0.05, 0.1) is 5.69 Å². The van der Waals surface area contributed by atoms with Crippen molar-refractivity contribution in [2.75, 3.05) is 0 Å². The summed E-state index contributed by atoms with van der Waals surface area (Å²) in [6.45, 7) is 3.08. The normalized spacial score (nSPS) is 15.3. The summed E-state index contributed by atoms with van der Waals surface area (Å²) in [4.78, 5) is 0. The SMILES string of the molecule is Cc1cc(-c2cc[n+](CC3CC3)cc2)on1. The molecule has 2 heterocycles. The summed E-state index contributed by atoms with van der Waals surface area (Å²) in [6, 6.07) is 6.13. The molecule has 0 unspecified atom stereocenters. The highest BCUT2D eigenvalue weighted by Crippen LogP contribution is 2.28. The molecule has 3 rings (SSSR count). The van der Waals surface area contributed by atoms with Gasteiger partial charge >= 0.3 is 0 Å². The molecule has 2 aromatic heterocycles. The third-order valence-electron chi connectivity index (χ3n) is 2.97. The fraction of sp³-hybridized carbons (Fsp3) is 0.385. The summed E-state index contributed by atoms with van der Waals surface area (Å²) in [5.74, 6) is 1.75. The zero-order valence-corrected chi connectivity index (χ0v) is 9.39.